The number of rotatable bonds is 21. The Kier molecular flexibility index (Phi) is 15.8. The number of unbranched alkanes of at least 4 members (excludes halogenated alkanes) is 6. The second-order valence-corrected chi connectivity index (χ2v) is 12.6. The van der Waals surface area contributed by atoms with Crippen LogP contribution in [0.1, 0.15) is 90.2 Å². The molecule has 0 radical (unpaired) electrons. The fraction of sp³-hybridized carbons (Fsp3) is 0.500. The Hall–Kier alpha value is -4.67. The molecule has 2 aromatic carbocycles. The second kappa shape index (κ2) is 20.0. The van der Waals surface area contributed by atoms with Crippen molar-refractivity contribution in [3.63, 3.8) is 0 Å². The number of nitrogens with two attached hydrogens (primary N) is 3. The highest BCUT2D eigenvalue weighted by Crippen LogP contribution is 2.41. The van der Waals surface area contributed by atoms with E-state index in [1.54, 1.807) is 19.2 Å². The summed E-state index contributed by atoms with van der Waals surface area (Å²) < 4.78 is 24.8. The number of benzene rings is 2. The summed E-state index contributed by atoms with van der Waals surface area (Å²) in [7, 11) is 1.57. The minimum atomic E-state index is -0.332. The summed E-state index contributed by atoms with van der Waals surface area (Å²) in [6.07, 6.45) is 13.6. The number of fused-ring (bicyclic) bond motifs is 2. The van der Waals surface area contributed by atoms with Crippen LogP contribution in [0.15, 0.2) is 54.6 Å². The lowest BCUT2D eigenvalue weighted by Gasteiger charge is -2.18. The minimum Gasteiger partial charge on any atom is -0.507 e. The molecule has 11 heteroatoms. The number of hydrogen-bond acceptors (Lipinski definition) is 8. The summed E-state index contributed by atoms with van der Waals surface area (Å²) in [5.74, 6) is 1.44. The van der Waals surface area contributed by atoms with Crippen LogP contribution in [0.25, 0.3) is 21.9 Å². The molecule has 0 aliphatic rings. The Morgan fingerprint density at radius 2 is 1.35 bits per heavy atom. The van der Waals surface area contributed by atoms with Crippen LogP contribution >= 0.6 is 0 Å². The average molecular weight is 678 g/mol. The highest BCUT2D eigenvalue weighted by Gasteiger charge is 2.24. The molecule has 0 spiro atoms. The first-order valence-corrected chi connectivity index (χ1v) is 17.2. The number of ether oxygens (including phenoxy) is 3. The van der Waals surface area contributed by atoms with Crippen molar-refractivity contribution >= 4 is 34.2 Å². The van der Waals surface area contributed by atoms with Crippen molar-refractivity contribution in [2.24, 2.45) is 27.2 Å². The van der Waals surface area contributed by atoms with Crippen LogP contribution < -0.4 is 36.8 Å². The molecule has 11 nitrogen and oxygen atoms in total. The largest absolute Gasteiger partial charge is 0.507 e. The smallest absolute Gasteiger partial charge is 0.204 e. The maximum Gasteiger partial charge on any atom is 0.204 e. The van der Waals surface area contributed by atoms with Gasteiger partial charge >= 0.3 is 0 Å². The highest BCUT2D eigenvalue weighted by atomic mass is 16.5. The number of guanidine groups is 1. The van der Waals surface area contributed by atoms with Gasteiger partial charge in [-0.2, -0.15) is 0 Å². The van der Waals surface area contributed by atoms with Crippen molar-refractivity contribution in [3.05, 3.63) is 56.8 Å². The molecule has 3 aromatic rings. The van der Waals surface area contributed by atoms with Crippen molar-refractivity contribution in [2.75, 3.05) is 33.4 Å². The molecule has 0 fully saturated rings. The van der Waals surface area contributed by atoms with Crippen molar-refractivity contribution in [3.8, 4) is 23.0 Å². The number of nitrogens with zero attached hydrogens (tertiary/aromatic N) is 2. The normalized spacial score (nSPS) is 11.2. The third-order valence-electron chi connectivity index (χ3n) is 8.09. The molecule has 7 N–H and O–H groups in total. The standard InChI is InChI=1S/C38H55N5O6/c1-25(2)14-16-27-29(47-20-12-8-6-10-18-42-24-39)22-31-34(35(27)44)36(45)33-28(17-15-26(3)4)37(46-5)32(23-30(33)49-31)48-21-13-9-7-11-19-43-38(40)41/h14-15,22-24,44H,6-13,16-21H2,1-5H3,(H2,39,42)(H4,40,41,43). The Bertz CT molecular complexity index is 1710. The molecule has 0 atom stereocenters. The van der Waals surface area contributed by atoms with Crippen molar-refractivity contribution in [1.82, 2.24) is 0 Å². The molecule has 1 heterocycles. The van der Waals surface area contributed by atoms with Gasteiger partial charge in [0, 0.05) is 36.3 Å². The number of methoxy groups -OCH3 is 1. The van der Waals surface area contributed by atoms with Crippen molar-refractivity contribution < 1.29 is 23.7 Å². The summed E-state index contributed by atoms with van der Waals surface area (Å²) in [4.78, 5) is 22.4. The maximum absolute atomic E-state index is 14.4. The molecular weight excluding hydrogens is 622 g/mol. The molecule has 49 heavy (non-hydrogen) atoms. The third-order valence-corrected chi connectivity index (χ3v) is 8.09. The lowest BCUT2D eigenvalue weighted by atomic mass is 9.98. The Morgan fingerprint density at radius 1 is 0.796 bits per heavy atom. The first-order chi connectivity index (χ1) is 23.6. The highest BCUT2D eigenvalue weighted by molar-refractivity contribution is 5.98. The molecule has 0 amide bonds. The molecule has 268 valence electrons. The molecule has 0 aliphatic carbocycles. The van der Waals surface area contributed by atoms with Crippen LogP contribution in [0.3, 0.4) is 0 Å². The van der Waals surface area contributed by atoms with Crippen LogP contribution in [-0.2, 0) is 12.8 Å². The van der Waals surface area contributed by atoms with Crippen molar-refractivity contribution in [2.45, 2.75) is 91.9 Å². The van der Waals surface area contributed by atoms with Gasteiger partial charge in [0.1, 0.15) is 28.1 Å². The quantitative estimate of drug-likeness (QED) is 0.0309. The Morgan fingerprint density at radius 3 is 1.94 bits per heavy atom. The van der Waals surface area contributed by atoms with Crippen LogP contribution in [0.5, 0.6) is 23.0 Å². The number of aliphatic imine (C=N–C) groups is 2. The SMILES string of the molecule is COc1c(OCCCCCCN=C(N)N)cc2oc3cc(OCCCCCCN=CN)c(CC=C(C)C)c(O)c3c(=O)c2c1CC=C(C)C. The van der Waals surface area contributed by atoms with Crippen molar-refractivity contribution in [1.29, 1.82) is 0 Å². The predicted octanol–water partition coefficient (Wildman–Crippen LogP) is 6.82. The van der Waals surface area contributed by atoms with Gasteiger partial charge in [0.15, 0.2) is 17.5 Å². The summed E-state index contributed by atoms with van der Waals surface area (Å²) >= 11 is 0. The van der Waals surface area contributed by atoms with E-state index >= 15 is 0 Å². The van der Waals surface area contributed by atoms with E-state index in [0.717, 1.165) is 62.5 Å². The fourth-order valence-corrected chi connectivity index (χ4v) is 5.54. The zero-order valence-electron chi connectivity index (χ0n) is 29.9. The van der Waals surface area contributed by atoms with Gasteiger partial charge in [-0.1, -0.05) is 36.1 Å². The van der Waals surface area contributed by atoms with Gasteiger partial charge in [-0.3, -0.25) is 14.8 Å². The van der Waals surface area contributed by atoms with Gasteiger partial charge in [0.05, 0.1) is 32.0 Å². The summed E-state index contributed by atoms with van der Waals surface area (Å²) in [5.41, 5.74) is 19.8. The van der Waals surface area contributed by atoms with Crippen LogP contribution in [0.4, 0.5) is 0 Å². The van der Waals surface area contributed by atoms with E-state index in [4.69, 9.17) is 35.8 Å². The molecular formula is C38H55N5O6. The topological polar surface area (TPSA) is 181 Å². The molecule has 0 saturated heterocycles. The average Bonchev–Trinajstić information content (AvgIpc) is 3.05. The zero-order valence-corrected chi connectivity index (χ0v) is 29.9. The van der Waals surface area contributed by atoms with E-state index in [1.807, 2.05) is 39.8 Å². The van der Waals surface area contributed by atoms with E-state index < -0.39 is 0 Å². The van der Waals surface area contributed by atoms with Gasteiger partial charge in [-0.25, -0.2) is 0 Å². The molecule has 0 bridgehead atoms. The number of phenols is 1. The predicted molar refractivity (Wildman–Crippen MR) is 201 cm³/mol. The summed E-state index contributed by atoms with van der Waals surface area (Å²) in [6, 6.07) is 3.44. The maximum atomic E-state index is 14.4. The first kappa shape index (κ1) is 38.8. The zero-order chi connectivity index (χ0) is 35.8. The van der Waals surface area contributed by atoms with Gasteiger partial charge in [0.2, 0.25) is 5.43 Å². The fourth-order valence-electron chi connectivity index (χ4n) is 5.54. The van der Waals surface area contributed by atoms with E-state index in [1.165, 1.54) is 6.34 Å². The van der Waals surface area contributed by atoms with Crippen LogP contribution in [0.2, 0.25) is 0 Å². The van der Waals surface area contributed by atoms with E-state index in [0.29, 0.717) is 78.5 Å². The lowest BCUT2D eigenvalue weighted by Crippen LogP contribution is -2.22. The molecule has 3 rings (SSSR count). The van der Waals surface area contributed by atoms with E-state index in [-0.39, 0.29) is 28.1 Å². The number of hydrogen-bond donors (Lipinski definition) is 4. The minimum absolute atomic E-state index is 0.106. The molecule has 1 aromatic heterocycles. The molecule has 0 saturated carbocycles. The molecule has 0 aliphatic heterocycles. The van der Waals surface area contributed by atoms with Gasteiger partial charge in [-0.05, 0) is 79.1 Å². The monoisotopic (exact) mass is 677 g/mol. The number of aromatic hydroxyl groups is 1. The van der Waals surface area contributed by atoms with Crippen LogP contribution in [-0.4, -0.2) is 50.8 Å². The lowest BCUT2D eigenvalue weighted by molar-refractivity contribution is 0.284. The van der Waals surface area contributed by atoms with Gasteiger partial charge in [-0.15, -0.1) is 0 Å². The number of phenolic OH excluding ortho intramolecular Hbond substituents is 1. The Balaban J connectivity index is 2.03. The first-order valence-electron chi connectivity index (χ1n) is 17.2. The summed E-state index contributed by atoms with van der Waals surface area (Å²) in [6.45, 7) is 10.2. The second-order valence-electron chi connectivity index (χ2n) is 12.6. The molecule has 0 unspecified atom stereocenters. The third kappa shape index (κ3) is 11.5. The van der Waals surface area contributed by atoms with E-state index in [9.17, 15) is 9.90 Å². The van der Waals surface area contributed by atoms with E-state index in [2.05, 4.69) is 9.98 Å². The van der Waals surface area contributed by atoms with Crippen LogP contribution in [0, 0.1) is 0 Å². The summed E-state index contributed by atoms with van der Waals surface area (Å²) in [5, 5.41) is 12.1. The van der Waals surface area contributed by atoms with Gasteiger partial charge < -0.3 is 40.9 Å². The number of allylic oxidation sites excluding steroid dienone is 4. The Labute approximate surface area is 289 Å². The van der Waals surface area contributed by atoms with Gasteiger partial charge in [0.25, 0.3) is 0 Å².